The van der Waals surface area contributed by atoms with Gasteiger partial charge < -0.3 is 4.57 Å². The fourth-order valence-corrected chi connectivity index (χ4v) is 3.48. The van der Waals surface area contributed by atoms with Gasteiger partial charge in [-0.05, 0) is 24.5 Å². The van der Waals surface area contributed by atoms with Crippen molar-refractivity contribution in [2.45, 2.75) is 26.6 Å². The molecule has 130 valence electrons. The lowest BCUT2D eigenvalue weighted by atomic mass is 10.1. The molecular formula is C15H13F3N6S. The van der Waals surface area contributed by atoms with Crippen LogP contribution in [0.5, 0.6) is 0 Å². The quantitative estimate of drug-likeness (QED) is 0.667. The van der Waals surface area contributed by atoms with Gasteiger partial charge in [0, 0.05) is 25.2 Å². The van der Waals surface area contributed by atoms with Gasteiger partial charge in [0.25, 0.3) is 0 Å². The van der Waals surface area contributed by atoms with E-state index in [-0.39, 0.29) is 12.1 Å². The van der Waals surface area contributed by atoms with Crippen LogP contribution in [-0.4, -0.2) is 35.6 Å². The summed E-state index contributed by atoms with van der Waals surface area (Å²) in [6, 6.07) is 2.21. The molecule has 0 bridgehead atoms. The molecule has 1 aliphatic rings. The van der Waals surface area contributed by atoms with Crippen LogP contribution in [0.3, 0.4) is 0 Å². The van der Waals surface area contributed by atoms with Gasteiger partial charge in [0.2, 0.25) is 0 Å². The second kappa shape index (κ2) is 6.19. The van der Waals surface area contributed by atoms with Gasteiger partial charge >= 0.3 is 0 Å². The number of hydrogen-bond acceptors (Lipinski definition) is 6. The van der Waals surface area contributed by atoms with E-state index in [0.717, 1.165) is 11.9 Å². The van der Waals surface area contributed by atoms with Gasteiger partial charge in [0.15, 0.2) is 28.3 Å². The molecule has 3 aromatic rings. The van der Waals surface area contributed by atoms with E-state index < -0.39 is 17.5 Å². The lowest BCUT2D eigenvalue weighted by Gasteiger charge is -2.27. The smallest absolute Gasteiger partial charge is 0.194 e. The molecule has 1 aliphatic heterocycles. The van der Waals surface area contributed by atoms with Gasteiger partial charge in [-0.2, -0.15) is 4.37 Å². The zero-order chi connectivity index (χ0) is 17.6. The van der Waals surface area contributed by atoms with Crippen LogP contribution in [0.15, 0.2) is 12.1 Å². The van der Waals surface area contributed by atoms with Crippen molar-refractivity contribution in [1.29, 1.82) is 0 Å². The monoisotopic (exact) mass is 366 g/mol. The summed E-state index contributed by atoms with van der Waals surface area (Å²) in [7, 11) is 0. The Kier molecular flexibility index (Phi) is 4.00. The average Bonchev–Trinajstić information content (AvgIpc) is 3.21. The zero-order valence-electron chi connectivity index (χ0n) is 13.2. The zero-order valence-corrected chi connectivity index (χ0v) is 14.0. The minimum Gasteiger partial charge on any atom is -0.307 e. The molecule has 0 spiro atoms. The first-order valence-electron chi connectivity index (χ1n) is 7.60. The predicted molar refractivity (Wildman–Crippen MR) is 84.1 cm³/mol. The Labute approximate surface area is 145 Å². The number of nitrogens with zero attached hydrogens (tertiary/aromatic N) is 6. The summed E-state index contributed by atoms with van der Waals surface area (Å²) in [6.45, 7) is 3.62. The molecule has 1 aromatic carbocycles. The molecule has 0 N–H and O–H groups in total. The van der Waals surface area contributed by atoms with Crippen LogP contribution < -0.4 is 0 Å². The molecule has 0 amide bonds. The van der Waals surface area contributed by atoms with Crippen molar-refractivity contribution < 1.29 is 13.2 Å². The van der Waals surface area contributed by atoms with Crippen LogP contribution >= 0.6 is 11.5 Å². The summed E-state index contributed by atoms with van der Waals surface area (Å²) in [5.74, 6) is -1.69. The molecular weight excluding hydrogens is 353 g/mol. The van der Waals surface area contributed by atoms with Gasteiger partial charge in [0.1, 0.15) is 11.6 Å². The second-order valence-electron chi connectivity index (χ2n) is 5.78. The molecule has 0 atom stereocenters. The van der Waals surface area contributed by atoms with Crippen LogP contribution in [0, 0.1) is 24.4 Å². The van der Waals surface area contributed by atoms with E-state index in [4.69, 9.17) is 0 Å². The Balaban J connectivity index is 1.54. The molecule has 0 fully saturated rings. The van der Waals surface area contributed by atoms with Crippen LogP contribution in [0.25, 0.3) is 10.8 Å². The maximum Gasteiger partial charge on any atom is 0.194 e. The normalized spacial score (nSPS) is 14.7. The largest absolute Gasteiger partial charge is 0.307 e. The predicted octanol–water partition coefficient (Wildman–Crippen LogP) is 2.54. The third-order valence-electron chi connectivity index (χ3n) is 4.06. The van der Waals surface area contributed by atoms with Gasteiger partial charge in [-0.1, -0.05) is 6.07 Å². The SMILES string of the molecule is Cc1nsc(-c2nnc3n2CCN(Cc2ccc(F)c(F)c2F)C3)n1. The van der Waals surface area contributed by atoms with Gasteiger partial charge in [-0.3, -0.25) is 4.90 Å². The highest BCUT2D eigenvalue weighted by atomic mass is 32.1. The van der Waals surface area contributed by atoms with E-state index in [9.17, 15) is 13.2 Å². The van der Waals surface area contributed by atoms with E-state index in [2.05, 4.69) is 19.6 Å². The van der Waals surface area contributed by atoms with Crippen LogP contribution in [0.2, 0.25) is 0 Å². The minimum atomic E-state index is -1.44. The Morgan fingerprint density at radius 2 is 1.96 bits per heavy atom. The molecule has 3 heterocycles. The molecule has 0 unspecified atom stereocenters. The van der Waals surface area contributed by atoms with E-state index in [1.54, 1.807) is 0 Å². The number of aryl methyl sites for hydroxylation is 1. The molecule has 2 aromatic heterocycles. The average molecular weight is 366 g/mol. The maximum absolute atomic E-state index is 13.9. The molecule has 25 heavy (non-hydrogen) atoms. The molecule has 6 nitrogen and oxygen atoms in total. The lowest BCUT2D eigenvalue weighted by molar-refractivity contribution is 0.206. The molecule has 0 aliphatic carbocycles. The van der Waals surface area contributed by atoms with Crippen molar-refractivity contribution in [2.75, 3.05) is 6.54 Å². The summed E-state index contributed by atoms with van der Waals surface area (Å²) in [6.07, 6.45) is 0. The highest BCUT2D eigenvalue weighted by Crippen LogP contribution is 2.24. The minimum absolute atomic E-state index is 0.117. The third-order valence-corrected chi connectivity index (χ3v) is 4.86. The molecule has 10 heteroatoms. The van der Waals surface area contributed by atoms with E-state index >= 15 is 0 Å². The number of benzene rings is 1. The molecule has 0 radical (unpaired) electrons. The van der Waals surface area contributed by atoms with Crippen molar-refractivity contribution >= 4 is 11.5 Å². The van der Waals surface area contributed by atoms with Crippen molar-refractivity contribution in [3.8, 4) is 10.8 Å². The van der Waals surface area contributed by atoms with Gasteiger partial charge in [-0.25, -0.2) is 18.2 Å². The van der Waals surface area contributed by atoms with E-state index in [1.807, 2.05) is 16.4 Å². The van der Waals surface area contributed by atoms with Crippen molar-refractivity contribution in [3.05, 3.63) is 46.8 Å². The number of fused-ring (bicyclic) bond motifs is 1. The molecule has 0 saturated heterocycles. The van der Waals surface area contributed by atoms with Crippen LogP contribution in [0.1, 0.15) is 17.2 Å². The fourth-order valence-electron chi connectivity index (χ4n) is 2.82. The Hall–Kier alpha value is -2.33. The summed E-state index contributed by atoms with van der Waals surface area (Å²) in [4.78, 5) is 6.23. The highest BCUT2D eigenvalue weighted by molar-refractivity contribution is 7.09. The molecule has 0 saturated carbocycles. The fraction of sp³-hybridized carbons (Fsp3) is 0.333. The summed E-state index contributed by atoms with van der Waals surface area (Å²) < 4.78 is 46.4. The van der Waals surface area contributed by atoms with E-state index in [0.29, 0.717) is 36.3 Å². The van der Waals surface area contributed by atoms with Gasteiger partial charge in [-0.15, -0.1) is 10.2 Å². The number of aromatic nitrogens is 5. The Morgan fingerprint density at radius 3 is 2.72 bits per heavy atom. The lowest BCUT2D eigenvalue weighted by Crippen LogP contribution is -2.34. The first kappa shape index (κ1) is 16.2. The molecule has 4 rings (SSSR count). The maximum atomic E-state index is 13.9. The van der Waals surface area contributed by atoms with Crippen molar-refractivity contribution in [2.24, 2.45) is 0 Å². The van der Waals surface area contributed by atoms with Gasteiger partial charge in [0.05, 0.1) is 6.54 Å². The topological polar surface area (TPSA) is 59.7 Å². The number of hydrogen-bond donors (Lipinski definition) is 0. The van der Waals surface area contributed by atoms with E-state index in [1.165, 1.54) is 17.6 Å². The third kappa shape index (κ3) is 2.91. The van der Waals surface area contributed by atoms with Crippen molar-refractivity contribution in [3.63, 3.8) is 0 Å². The first-order chi connectivity index (χ1) is 12.0. The standard InChI is InChI=1S/C15H13F3N6S/c1-8-19-15(25-22-8)14-21-20-11-7-23(4-5-24(11)14)6-9-2-3-10(16)13(18)12(9)17/h2-3H,4-7H2,1H3. The Morgan fingerprint density at radius 1 is 1.12 bits per heavy atom. The van der Waals surface area contributed by atoms with Crippen LogP contribution in [0.4, 0.5) is 13.2 Å². The van der Waals surface area contributed by atoms with Crippen LogP contribution in [-0.2, 0) is 19.6 Å². The number of rotatable bonds is 3. The summed E-state index contributed by atoms with van der Waals surface area (Å²) >= 11 is 1.26. The summed E-state index contributed by atoms with van der Waals surface area (Å²) in [5.41, 5.74) is 0.117. The first-order valence-corrected chi connectivity index (χ1v) is 8.37. The summed E-state index contributed by atoms with van der Waals surface area (Å²) in [5, 5.41) is 9.05. The van der Waals surface area contributed by atoms with Crippen molar-refractivity contribution in [1.82, 2.24) is 29.0 Å². The highest BCUT2D eigenvalue weighted by Gasteiger charge is 2.24. The number of halogens is 3. The Bertz CT molecular complexity index is 937. The second-order valence-corrected chi connectivity index (χ2v) is 6.54.